The fraction of sp³-hybridized carbons (Fsp3) is 0.154. The number of carbonyl (C=O) groups excluding carboxylic acids is 1. The van der Waals surface area contributed by atoms with Gasteiger partial charge < -0.3 is 15.2 Å². The van der Waals surface area contributed by atoms with Gasteiger partial charge in [-0.15, -0.1) is 0 Å². The van der Waals surface area contributed by atoms with E-state index in [0.29, 0.717) is 0 Å². The topological polar surface area (TPSA) is 52.2 Å². The number of hydrogen-bond donors (Lipinski definition) is 1. The summed E-state index contributed by atoms with van der Waals surface area (Å²) in [6.07, 6.45) is -1.25. The molecule has 1 N–H and O–H groups in total. The molecule has 0 aliphatic carbocycles. The minimum absolute atomic E-state index is 0.268. The van der Waals surface area contributed by atoms with Gasteiger partial charge in [0.2, 0.25) is 0 Å². The van der Waals surface area contributed by atoms with Gasteiger partial charge in [0.15, 0.2) is 0 Å². The minimum atomic E-state index is -1.25. The van der Waals surface area contributed by atoms with Crippen LogP contribution < -0.4 is 10.4 Å². The van der Waals surface area contributed by atoms with Crippen LogP contribution in [0.25, 0.3) is 10.8 Å². The second-order valence-electron chi connectivity index (χ2n) is 3.72. The number of hydrogen-bond acceptors (Lipinski definition) is 2. The molecule has 0 bridgehead atoms. The predicted octanol–water partition coefficient (Wildman–Crippen LogP) is 1.83. The van der Waals surface area contributed by atoms with Gasteiger partial charge in [-0.2, -0.15) is 0 Å². The summed E-state index contributed by atoms with van der Waals surface area (Å²) in [5, 5.41) is 15.0. The van der Waals surface area contributed by atoms with Crippen LogP contribution in [0.15, 0.2) is 42.5 Å². The molecule has 1 amide bonds. The first-order valence-electron chi connectivity index (χ1n) is 5.13. The normalized spacial score (nSPS) is 12.3. The highest BCUT2D eigenvalue weighted by atomic mass is 16.4. The van der Waals surface area contributed by atoms with E-state index in [2.05, 4.69) is 5.32 Å². The summed E-state index contributed by atoms with van der Waals surface area (Å²) < 4.78 is 0. The molecule has 3 heteroatoms. The van der Waals surface area contributed by atoms with Gasteiger partial charge in [0.05, 0.1) is 6.04 Å². The van der Waals surface area contributed by atoms with Gasteiger partial charge in [-0.1, -0.05) is 42.5 Å². The zero-order valence-corrected chi connectivity index (χ0v) is 8.94. The van der Waals surface area contributed by atoms with E-state index in [-0.39, 0.29) is 6.04 Å². The Hall–Kier alpha value is -2.03. The summed E-state index contributed by atoms with van der Waals surface area (Å²) in [4.78, 5) is 10.5. The number of benzene rings is 2. The molecule has 16 heavy (non-hydrogen) atoms. The highest BCUT2D eigenvalue weighted by molar-refractivity contribution is 5.86. The van der Waals surface area contributed by atoms with E-state index >= 15 is 0 Å². The van der Waals surface area contributed by atoms with Crippen LogP contribution in [0.5, 0.6) is 0 Å². The smallest absolute Gasteiger partial charge is 0.134 e. The van der Waals surface area contributed by atoms with Gasteiger partial charge in [-0.25, -0.2) is 0 Å². The number of carboxylic acid groups (broad SMARTS) is 1. The molecule has 2 aromatic carbocycles. The average Bonchev–Trinajstić information content (AvgIpc) is 2.27. The first kappa shape index (κ1) is 10.5. The molecule has 0 heterocycles. The van der Waals surface area contributed by atoms with Crippen LogP contribution in [0.4, 0.5) is 4.79 Å². The van der Waals surface area contributed by atoms with Crippen LogP contribution in [0.1, 0.15) is 18.5 Å². The fourth-order valence-corrected chi connectivity index (χ4v) is 1.88. The maximum atomic E-state index is 10.5. The van der Waals surface area contributed by atoms with Crippen molar-refractivity contribution in [3.8, 4) is 0 Å². The number of rotatable bonds is 2. The molecular formula is C13H12NO2-. The molecular weight excluding hydrogens is 202 g/mol. The van der Waals surface area contributed by atoms with Crippen molar-refractivity contribution in [2.45, 2.75) is 13.0 Å². The maximum Gasteiger partial charge on any atom is 0.134 e. The Kier molecular flexibility index (Phi) is 2.77. The molecule has 1 atom stereocenters. The average molecular weight is 214 g/mol. The van der Waals surface area contributed by atoms with Crippen molar-refractivity contribution in [2.75, 3.05) is 0 Å². The van der Waals surface area contributed by atoms with E-state index in [4.69, 9.17) is 0 Å². The Morgan fingerprint density at radius 3 is 2.62 bits per heavy atom. The lowest BCUT2D eigenvalue weighted by molar-refractivity contribution is -0.251. The summed E-state index contributed by atoms with van der Waals surface area (Å²) in [5.74, 6) is 0. The first-order valence-corrected chi connectivity index (χ1v) is 5.13. The molecule has 0 aliphatic heterocycles. The molecule has 0 radical (unpaired) electrons. The molecule has 0 aliphatic rings. The molecule has 2 rings (SSSR count). The van der Waals surface area contributed by atoms with Crippen LogP contribution >= 0.6 is 0 Å². The van der Waals surface area contributed by atoms with Crippen molar-refractivity contribution in [1.29, 1.82) is 0 Å². The number of fused-ring (bicyclic) bond motifs is 1. The third kappa shape index (κ3) is 1.98. The minimum Gasteiger partial charge on any atom is -0.530 e. The zero-order chi connectivity index (χ0) is 11.5. The van der Waals surface area contributed by atoms with Gasteiger partial charge in [0, 0.05) is 0 Å². The molecule has 0 saturated carbocycles. The van der Waals surface area contributed by atoms with Crippen LogP contribution in [0, 0.1) is 0 Å². The SMILES string of the molecule is CC(NC(=O)[O-])c1cccc2ccccc12. The summed E-state index contributed by atoms with van der Waals surface area (Å²) >= 11 is 0. The number of nitrogens with one attached hydrogen (secondary N) is 1. The molecule has 0 spiro atoms. The van der Waals surface area contributed by atoms with Crippen molar-refractivity contribution >= 4 is 16.9 Å². The Labute approximate surface area is 93.7 Å². The Morgan fingerprint density at radius 1 is 1.19 bits per heavy atom. The third-order valence-corrected chi connectivity index (χ3v) is 2.62. The van der Waals surface area contributed by atoms with E-state index in [9.17, 15) is 9.90 Å². The van der Waals surface area contributed by atoms with Crippen molar-refractivity contribution in [3.63, 3.8) is 0 Å². The first-order chi connectivity index (χ1) is 7.68. The van der Waals surface area contributed by atoms with E-state index in [1.807, 2.05) is 42.5 Å². The summed E-state index contributed by atoms with van der Waals surface area (Å²) in [6.45, 7) is 1.80. The lowest BCUT2D eigenvalue weighted by Gasteiger charge is -2.17. The number of amides is 1. The van der Waals surface area contributed by atoms with E-state index < -0.39 is 6.09 Å². The fourth-order valence-electron chi connectivity index (χ4n) is 1.88. The molecule has 0 saturated heterocycles. The Balaban J connectivity index is 2.47. The van der Waals surface area contributed by atoms with Crippen LogP contribution in [-0.4, -0.2) is 6.09 Å². The van der Waals surface area contributed by atoms with Gasteiger partial charge in [0.1, 0.15) is 6.09 Å². The Bertz CT molecular complexity index is 517. The van der Waals surface area contributed by atoms with E-state index in [1.54, 1.807) is 6.92 Å². The predicted molar refractivity (Wildman–Crippen MR) is 60.9 cm³/mol. The summed E-state index contributed by atoms with van der Waals surface area (Å²) in [5.41, 5.74) is 0.960. The maximum absolute atomic E-state index is 10.5. The molecule has 1 unspecified atom stereocenters. The van der Waals surface area contributed by atoms with Crippen molar-refractivity contribution in [3.05, 3.63) is 48.0 Å². The summed E-state index contributed by atoms with van der Waals surface area (Å²) in [6, 6.07) is 13.5. The second kappa shape index (κ2) is 4.23. The zero-order valence-electron chi connectivity index (χ0n) is 8.94. The van der Waals surface area contributed by atoms with Gasteiger partial charge in [-0.3, -0.25) is 0 Å². The molecule has 0 aromatic heterocycles. The van der Waals surface area contributed by atoms with Crippen molar-refractivity contribution < 1.29 is 9.90 Å². The quantitative estimate of drug-likeness (QED) is 0.829. The number of carbonyl (C=O) groups is 1. The Morgan fingerprint density at radius 2 is 1.88 bits per heavy atom. The largest absolute Gasteiger partial charge is 0.530 e. The van der Waals surface area contributed by atoms with Crippen molar-refractivity contribution in [2.24, 2.45) is 0 Å². The third-order valence-electron chi connectivity index (χ3n) is 2.62. The summed E-state index contributed by atoms with van der Waals surface area (Å²) in [7, 11) is 0. The lowest BCUT2D eigenvalue weighted by Crippen LogP contribution is -2.38. The van der Waals surface area contributed by atoms with Crippen molar-refractivity contribution in [1.82, 2.24) is 5.32 Å². The molecule has 3 nitrogen and oxygen atoms in total. The second-order valence-corrected chi connectivity index (χ2v) is 3.72. The van der Waals surface area contributed by atoms with Gasteiger partial charge in [0.25, 0.3) is 0 Å². The molecule has 82 valence electrons. The van der Waals surface area contributed by atoms with Gasteiger partial charge in [-0.05, 0) is 23.3 Å². The highest BCUT2D eigenvalue weighted by Crippen LogP contribution is 2.23. The van der Waals surface area contributed by atoms with Gasteiger partial charge >= 0.3 is 0 Å². The lowest BCUT2D eigenvalue weighted by atomic mass is 10.00. The van der Waals surface area contributed by atoms with Crippen LogP contribution in [-0.2, 0) is 0 Å². The monoisotopic (exact) mass is 214 g/mol. The van der Waals surface area contributed by atoms with Crippen LogP contribution in [0.2, 0.25) is 0 Å². The highest BCUT2D eigenvalue weighted by Gasteiger charge is 2.07. The standard InChI is InChI=1S/C13H13NO2/c1-9(14-13(15)16)11-8-4-6-10-5-2-3-7-12(10)11/h2-9,14H,1H3,(H,15,16)/p-1. The van der Waals surface area contributed by atoms with E-state index in [0.717, 1.165) is 16.3 Å². The molecule has 2 aromatic rings. The van der Waals surface area contributed by atoms with Crippen LogP contribution in [0.3, 0.4) is 0 Å². The molecule has 0 fully saturated rings. The van der Waals surface area contributed by atoms with E-state index in [1.165, 1.54) is 0 Å².